The molecule has 2 N–H and O–H groups in total. The van der Waals surface area contributed by atoms with Gasteiger partial charge >= 0.3 is 7.12 Å². The summed E-state index contributed by atoms with van der Waals surface area (Å²) >= 11 is 0. The summed E-state index contributed by atoms with van der Waals surface area (Å²) in [4.78, 5) is 0. The molecule has 17 heavy (non-hydrogen) atoms. The van der Waals surface area contributed by atoms with E-state index in [1.807, 2.05) is 13.8 Å². The van der Waals surface area contributed by atoms with Gasteiger partial charge in [-0.1, -0.05) is 13.8 Å². The molecule has 0 radical (unpaired) electrons. The van der Waals surface area contributed by atoms with Crippen LogP contribution < -0.4 is 5.73 Å². The highest BCUT2D eigenvalue weighted by molar-refractivity contribution is 6.49. The Morgan fingerprint density at radius 3 is 2.41 bits per heavy atom. The van der Waals surface area contributed by atoms with Crippen LogP contribution in [0.1, 0.15) is 47.5 Å². The minimum Gasteiger partial charge on any atom is -0.404 e. The van der Waals surface area contributed by atoms with E-state index in [2.05, 4.69) is 20.8 Å². The van der Waals surface area contributed by atoms with Gasteiger partial charge in [-0.15, -0.1) is 0 Å². The molecule has 1 heterocycles. The Morgan fingerprint density at radius 2 is 1.88 bits per heavy atom. The number of rotatable bonds is 1. The average Bonchev–Trinajstić information content (AvgIpc) is 2.53. The van der Waals surface area contributed by atoms with Crippen LogP contribution in [0.2, 0.25) is 0 Å². The van der Waals surface area contributed by atoms with E-state index in [4.69, 9.17) is 15.0 Å². The predicted octanol–water partition coefficient (Wildman–Crippen LogP) is 1.99. The van der Waals surface area contributed by atoms with Gasteiger partial charge in [-0.05, 0) is 50.9 Å². The molecular weight excluding hydrogens is 213 g/mol. The minimum absolute atomic E-state index is 0.125. The van der Waals surface area contributed by atoms with Gasteiger partial charge in [-0.2, -0.15) is 0 Å². The Bertz CT molecular complexity index is 352. The lowest BCUT2D eigenvalue weighted by Gasteiger charge is -2.64. The molecule has 4 aliphatic rings. The lowest BCUT2D eigenvalue weighted by molar-refractivity contribution is -0.199. The molecule has 4 rings (SSSR count). The molecule has 3 aliphatic carbocycles. The third kappa shape index (κ3) is 1.41. The average molecular weight is 237 g/mol. The molecule has 0 aromatic carbocycles. The van der Waals surface area contributed by atoms with Crippen molar-refractivity contribution < 1.29 is 9.31 Å². The normalized spacial score (nSPS) is 47.6. The van der Waals surface area contributed by atoms with Crippen molar-refractivity contribution in [2.75, 3.05) is 0 Å². The molecule has 0 amide bonds. The van der Waals surface area contributed by atoms with E-state index >= 15 is 0 Å². The molecule has 1 saturated heterocycles. The third-order valence-electron chi connectivity index (χ3n) is 5.56. The van der Waals surface area contributed by atoms with E-state index < -0.39 is 5.44 Å². The van der Waals surface area contributed by atoms with Crippen molar-refractivity contribution >= 4 is 7.12 Å². The van der Waals surface area contributed by atoms with E-state index in [-0.39, 0.29) is 18.8 Å². The second kappa shape index (κ2) is 3.09. The first-order chi connectivity index (χ1) is 7.65. The van der Waals surface area contributed by atoms with Crippen molar-refractivity contribution in [1.29, 1.82) is 0 Å². The standard InChI is InChI=1S/C13H24BNO2/c1-11(2)8-6-9(11)13(5)10(7-8)16-14(17-13)12(3,4)15/h8-10H,6-7,15H2,1-5H3/t8-,9-,10+,13-/m0/s1. The highest BCUT2D eigenvalue weighted by atomic mass is 16.7. The van der Waals surface area contributed by atoms with Gasteiger partial charge in [0.1, 0.15) is 0 Å². The second-order valence-electron chi connectivity index (χ2n) is 7.62. The quantitative estimate of drug-likeness (QED) is 0.709. The fourth-order valence-electron chi connectivity index (χ4n) is 4.19. The molecule has 4 fully saturated rings. The molecule has 1 aliphatic heterocycles. The van der Waals surface area contributed by atoms with Gasteiger partial charge in [0.25, 0.3) is 0 Å². The van der Waals surface area contributed by atoms with E-state index in [0.717, 1.165) is 12.3 Å². The van der Waals surface area contributed by atoms with Gasteiger partial charge in [-0.3, -0.25) is 0 Å². The Labute approximate surface area is 105 Å². The first-order valence-corrected chi connectivity index (χ1v) is 6.78. The lowest BCUT2D eigenvalue weighted by Crippen LogP contribution is -2.65. The van der Waals surface area contributed by atoms with E-state index in [1.165, 1.54) is 6.42 Å². The summed E-state index contributed by atoms with van der Waals surface area (Å²) in [5, 5.41) is 0. The van der Waals surface area contributed by atoms with Crippen molar-refractivity contribution in [3.63, 3.8) is 0 Å². The molecule has 0 spiro atoms. The van der Waals surface area contributed by atoms with Crippen LogP contribution in [0.5, 0.6) is 0 Å². The Hall–Kier alpha value is -0.0551. The van der Waals surface area contributed by atoms with Gasteiger partial charge in [0, 0.05) is 5.44 Å². The van der Waals surface area contributed by atoms with Crippen LogP contribution in [0.3, 0.4) is 0 Å². The Morgan fingerprint density at radius 1 is 1.24 bits per heavy atom. The molecule has 2 bridgehead atoms. The van der Waals surface area contributed by atoms with Crippen LogP contribution >= 0.6 is 0 Å². The van der Waals surface area contributed by atoms with Gasteiger partial charge in [0.15, 0.2) is 0 Å². The van der Waals surface area contributed by atoms with Gasteiger partial charge in [0.2, 0.25) is 0 Å². The van der Waals surface area contributed by atoms with Crippen LogP contribution in [-0.2, 0) is 9.31 Å². The van der Waals surface area contributed by atoms with Gasteiger partial charge < -0.3 is 15.0 Å². The summed E-state index contributed by atoms with van der Waals surface area (Å²) in [6.45, 7) is 10.9. The summed E-state index contributed by atoms with van der Waals surface area (Å²) in [6.07, 6.45) is 2.67. The first-order valence-electron chi connectivity index (χ1n) is 6.78. The molecule has 3 nitrogen and oxygen atoms in total. The maximum absolute atomic E-state index is 6.26. The van der Waals surface area contributed by atoms with Crippen LogP contribution in [0, 0.1) is 17.3 Å². The largest absolute Gasteiger partial charge is 0.478 e. The summed E-state index contributed by atoms with van der Waals surface area (Å²) in [7, 11) is -0.257. The SMILES string of the molecule is CC(C)(N)B1O[C@@H]2C[C@@H]3C[C@@H](C3(C)C)[C@]2(C)O1. The van der Waals surface area contributed by atoms with Crippen LogP contribution in [0.4, 0.5) is 0 Å². The molecule has 0 aromatic heterocycles. The molecule has 4 heteroatoms. The maximum atomic E-state index is 6.26. The van der Waals surface area contributed by atoms with Gasteiger partial charge in [0.05, 0.1) is 11.7 Å². The zero-order valence-electron chi connectivity index (χ0n) is 11.6. The predicted molar refractivity (Wildman–Crippen MR) is 68.4 cm³/mol. The van der Waals surface area contributed by atoms with Crippen LogP contribution in [-0.4, -0.2) is 24.3 Å². The number of nitrogens with two attached hydrogens (primary N) is 1. The zero-order chi connectivity index (χ0) is 12.6. The van der Waals surface area contributed by atoms with E-state index in [0.29, 0.717) is 11.3 Å². The number of hydrogen-bond acceptors (Lipinski definition) is 3. The van der Waals surface area contributed by atoms with Crippen molar-refractivity contribution in [2.45, 2.75) is 64.6 Å². The Balaban J connectivity index is 1.87. The van der Waals surface area contributed by atoms with Crippen molar-refractivity contribution in [3.05, 3.63) is 0 Å². The molecule has 0 unspecified atom stereocenters. The van der Waals surface area contributed by atoms with Crippen molar-refractivity contribution in [2.24, 2.45) is 23.0 Å². The first kappa shape index (κ1) is 12.0. The second-order valence-corrected chi connectivity index (χ2v) is 7.62. The van der Waals surface area contributed by atoms with Crippen LogP contribution in [0.25, 0.3) is 0 Å². The summed E-state index contributed by atoms with van der Waals surface area (Å²) in [5.74, 6) is 1.42. The highest BCUT2D eigenvalue weighted by Crippen LogP contribution is 2.65. The fraction of sp³-hybridized carbons (Fsp3) is 1.00. The highest BCUT2D eigenvalue weighted by Gasteiger charge is 2.68. The molecule has 96 valence electrons. The monoisotopic (exact) mass is 237 g/mol. The van der Waals surface area contributed by atoms with Crippen molar-refractivity contribution in [1.82, 2.24) is 0 Å². The summed E-state index contributed by atoms with van der Waals surface area (Å²) < 4.78 is 12.3. The topological polar surface area (TPSA) is 44.5 Å². The van der Waals surface area contributed by atoms with Crippen molar-refractivity contribution in [3.8, 4) is 0 Å². The van der Waals surface area contributed by atoms with Crippen LogP contribution in [0.15, 0.2) is 0 Å². The lowest BCUT2D eigenvalue weighted by atomic mass is 9.43. The summed E-state index contributed by atoms with van der Waals surface area (Å²) in [6, 6.07) is 0. The minimum atomic E-state index is -0.422. The fourth-order valence-corrected chi connectivity index (χ4v) is 4.19. The number of hydrogen-bond donors (Lipinski definition) is 1. The van der Waals surface area contributed by atoms with Gasteiger partial charge in [-0.25, -0.2) is 0 Å². The molecular formula is C13H24BNO2. The molecule has 4 atom stereocenters. The Kier molecular flexibility index (Phi) is 2.18. The van der Waals surface area contributed by atoms with E-state index in [1.54, 1.807) is 0 Å². The molecule has 0 aromatic rings. The smallest absolute Gasteiger partial charge is 0.404 e. The third-order valence-corrected chi connectivity index (χ3v) is 5.56. The molecule has 3 saturated carbocycles. The van der Waals surface area contributed by atoms with E-state index in [9.17, 15) is 0 Å². The summed E-state index contributed by atoms with van der Waals surface area (Å²) in [5.41, 5.74) is 5.99. The zero-order valence-corrected chi connectivity index (χ0v) is 11.6. The maximum Gasteiger partial charge on any atom is 0.478 e.